The van der Waals surface area contributed by atoms with E-state index in [1.807, 2.05) is 0 Å². The fourth-order valence-corrected chi connectivity index (χ4v) is 2.46. The number of halogens is 1. The summed E-state index contributed by atoms with van der Waals surface area (Å²) in [4.78, 5) is 23.5. The average molecular weight is 356 g/mol. The summed E-state index contributed by atoms with van der Waals surface area (Å²) in [7, 11) is 1.46. The van der Waals surface area contributed by atoms with Crippen LogP contribution in [0.1, 0.15) is 43.5 Å². The van der Waals surface area contributed by atoms with Crippen molar-refractivity contribution in [1.82, 2.24) is 5.32 Å². The van der Waals surface area contributed by atoms with Gasteiger partial charge in [0, 0.05) is 5.56 Å². The van der Waals surface area contributed by atoms with Gasteiger partial charge in [-0.05, 0) is 37.3 Å². The van der Waals surface area contributed by atoms with Gasteiger partial charge in [0.2, 0.25) is 0 Å². The summed E-state index contributed by atoms with van der Waals surface area (Å²) >= 11 is 6.22. The van der Waals surface area contributed by atoms with Gasteiger partial charge in [-0.3, -0.25) is 4.79 Å². The van der Waals surface area contributed by atoms with Crippen LogP contribution in [-0.4, -0.2) is 36.2 Å². The molecule has 0 heterocycles. The van der Waals surface area contributed by atoms with Crippen molar-refractivity contribution in [2.75, 3.05) is 13.7 Å². The van der Waals surface area contributed by atoms with Crippen LogP contribution in [0.4, 0.5) is 0 Å². The predicted octanol–water partition coefficient (Wildman–Crippen LogP) is 3.12. The fraction of sp³-hybridized carbons (Fsp3) is 0.529. The van der Waals surface area contributed by atoms with E-state index in [0.717, 1.165) is 6.42 Å². The molecule has 24 heavy (non-hydrogen) atoms. The van der Waals surface area contributed by atoms with Gasteiger partial charge in [-0.25, -0.2) is 4.79 Å². The van der Waals surface area contributed by atoms with Crippen LogP contribution in [0.15, 0.2) is 12.1 Å². The third-order valence-corrected chi connectivity index (χ3v) is 4.23. The minimum atomic E-state index is -1.15. The Morgan fingerprint density at radius 1 is 1.38 bits per heavy atom. The monoisotopic (exact) mass is 355 g/mol. The lowest BCUT2D eigenvalue weighted by Gasteiger charge is -2.16. The predicted molar refractivity (Wildman–Crippen MR) is 90.0 cm³/mol. The third kappa shape index (κ3) is 4.12. The van der Waals surface area contributed by atoms with Crippen LogP contribution in [0.3, 0.4) is 0 Å². The number of benzene rings is 1. The summed E-state index contributed by atoms with van der Waals surface area (Å²) in [6.45, 7) is 4.67. The average Bonchev–Trinajstić information content (AvgIpc) is 3.29. The van der Waals surface area contributed by atoms with E-state index in [9.17, 15) is 9.59 Å². The zero-order valence-corrected chi connectivity index (χ0v) is 14.8. The van der Waals surface area contributed by atoms with E-state index in [1.165, 1.54) is 19.2 Å². The number of hydrogen-bond acceptors (Lipinski definition) is 4. The fourth-order valence-electron chi connectivity index (χ4n) is 2.19. The molecule has 1 aromatic rings. The zero-order chi connectivity index (χ0) is 17.9. The van der Waals surface area contributed by atoms with Crippen molar-refractivity contribution in [3.8, 4) is 11.5 Å². The largest absolute Gasteiger partial charge is 0.493 e. The molecule has 7 heteroatoms. The van der Waals surface area contributed by atoms with Gasteiger partial charge in [-0.15, -0.1) is 0 Å². The molecule has 2 N–H and O–H groups in total. The van der Waals surface area contributed by atoms with Gasteiger partial charge in [0.25, 0.3) is 5.91 Å². The van der Waals surface area contributed by atoms with Crippen molar-refractivity contribution in [1.29, 1.82) is 0 Å². The number of carbonyl (C=O) groups excluding carboxylic acids is 1. The van der Waals surface area contributed by atoms with Crippen LogP contribution >= 0.6 is 11.6 Å². The van der Waals surface area contributed by atoms with Crippen LogP contribution in [0.5, 0.6) is 11.5 Å². The summed E-state index contributed by atoms with van der Waals surface area (Å²) in [5.41, 5.74) is -0.913. The molecule has 0 unspecified atom stereocenters. The van der Waals surface area contributed by atoms with Gasteiger partial charge in [-0.2, -0.15) is 0 Å². The van der Waals surface area contributed by atoms with Gasteiger partial charge in [0.15, 0.2) is 11.5 Å². The molecule has 1 aliphatic carbocycles. The van der Waals surface area contributed by atoms with Gasteiger partial charge in [-0.1, -0.05) is 25.4 Å². The molecule has 0 atom stereocenters. The first kappa shape index (κ1) is 18.4. The highest BCUT2D eigenvalue weighted by Gasteiger charge is 2.51. The molecule has 2 rings (SSSR count). The molecule has 0 aliphatic heterocycles. The third-order valence-electron chi connectivity index (χ3n) is 3.95. The first-order chi connectivity index (χ1) is 11.3. The molecular formula is C17H22ClNO5. The van der Waals surface area contributed by atoms with E-state index in [1.54, 1.807) is 0 Å². The van der Waals surface area contributed by atoms with E-state index < -0.39 is 17.4 Å². The van der Waals surface area contributed by atoms with Crippen LogP contribution in [0.2, 0.25) is 5.02 Å². The number of rotatable bonds is 8. The van der Waals surface area contributed by atoms with Gasteiger partial charge >= 0.3 is 5.97 Å². The van der Waals surface area contributed by atoms with Crippen molar-refractivity contribution in [2.45, 2.75) is 38.6 Å². The second kappa shape index (κ2) is 7.30. The minimum absolute atomic E-state index is 0.237. The molecule has 6 nitrogen and oxygen atoms in total. The number of carboxylic acids is 1. The standard InChI is InChI=1S/C17H22ClNO5/c1-10(2)4-7-24-14-12(18)8-11(9-13(14)23-3)15(20)19-17(5-6-17)16(21)22/h8-10H,4-7H2,1-3H3,(H,19,20)(H,21,22). The molecule has 1 aliphatic rings. The van der Waals surface area contributed by atoms with E-state index >= 15 is 0 Å². The van der Waals surface area contributed by atoms with Crippen molar-refractivity contribution < 1.29 is 24.2 Å². The van der Waals surface area contributed by atoms with Crippen LogP contribution in [0.25, 0.3) is 0 Å². The van der Waals surface area contributed by atoms with Crippen LogP contribution in [0, 0.1) is 5.92 Å². The van der Waals surface area contributed by atoms with E-state index in [4.69, 9.17) is 26.2 Å². The van der Waals surface area contributed by atoms with E-state index in [-0.39, 0.29) is 10.6 Å². The number of nitrogens with one attached hydrogen (secondary N) is 1. The summed E-state index contributed by atoms with van der Waals surface area (Å²) in [6.07, 6.45) is 1.72. The summed E-state index contributed by atoms with van der Waals surface area (Å²) in [6, 6.07) is 2.96. The minimum Gasteiger partial charge on any atom is -0.493 e. The van der Waals surface area contributed by atoms with Crippen molar-refractivity contribution in [3.63, 3.8) is 0 Å². The highest BCUT2D eigenvalue weighted by Crippen LogP contribution is 2.38. The Hall–Kier alpha value is -1.95. The first-order valence-electron chi connectivity index (χ1n) is 7.85. The van der Waals surface area contributed by atoms with Crippen molar-refractivity contribution in [2.24, 2.45) is 5.92 Å². The number of ether oxygens (including phenoxy) is 2. The molecular weight excluding hydrogens is 334 g/mol. The molecule has 0 spiro atoms. The maximum atomic E-state index is 12.3. The van der Waals surface area contributed by atoms with Crippen molar-refractivity contribution >= 4 is 23.5 Å². The molecule has 132 valence electrons. The molecule has 1 aromatic carbocycles. The van der Waals surface area contributed by atoms with E-state index in [0.29, 0.717) is 36.9 Å². The summed E-state index contributed by atoms with van der Waals surface area (Å²) < 4.78 is 10.9. The Bertz CT molecular complexity index is 640. The maximum Gasteiger partial charge on any atom is 0.329 e. The number of carbonyl (C=O) groups is 2. The maximum absolute atomic E-state index is 12.3. The number of amides is 1. The number of aliphatic carboxylic acids is 1. The Morgan fingerprint density at radius 2 is 2.04 bits per heavy atom. The Kier molecular flexibility index (Phi) is 5.59. The lowest BCUT2D eigenvalue weighted by Crippen LogP contribution is -2.43. The smallest absolute Gasteiger partial charge is 0.329 e. The number of carboxylic acid groups (broad SMARTS) is 1. The Morgan fingerprint density at radius 3 is 2.54 bits per heavy atom. The quantitative estimate of drug-likeness (QED) is 0.748. The summed E-state index contributed by atoms with van der Waals surface area (Å²) in [5, 5.41) is 12.0. The zero-order valence-electron chi connectivity index (χ0n) is 14.0. The molecule has 0 saturated heterocycles. The normalized spacial score (nSPS) is 15.0. The Labute approximate surface area is 146 Å². The van der Waals surface area contributed by atoms with Gasteiger partial charge in [0.1, 0.15) is 5.54 Å². The first-order valence-corrected chi connectivity index (χ1v) is 8.23. The number of hydrogen-bond donors (Lipinski definition) is 2. The highest BCUT2D eigenvalue weighted by molar-refractivity contribution is 6.32. The molecule has 1 saturated carbocycles. The Balaban J connectivity index is 2.16. The summed E-state index contributed by atoms with van der Waals surface area (Å²) in [5.74, 6) is -0.302. The second-order valence-electron chi connectivity index (χ2n) is 6.36. The number of methoxy groups -OCH3 is 1. The van der Waals surface area contributed by atoms with Crippen LogP contribution in [-0.2, 0) is 4.79 Å². The highest BCUT2D eigenvalue weighted by atomic mass is 35.5. The van der Waals surface area contributed by atoms with Crippen molar-refractivity contribution in [3.05, 3.63) is 22.7 Å². The lowest BCUT2D eigenvalue weighted by molar-refractivity contribution is -0.140. The lowest BCUT2D eigenvalue weighted by atomic mass is 10.1. The molecule has 0 radical (unpaired) electrons. The van der Waals surface area contributed by atoms with Gasteiger partial charge < -0.3 is 19.9 Å². The molecule has 0 bridgehead atoms. The molecule has 1 fully saturated rings. The SMILES string of the molecule is COc1cc(C(=O)NC2(C(=O)O)CC2)cc(Cl)c1OCCC(C)C. The van der Waals surface area contributed by atoms with Crippen LogP contribution < -0.4 is 14.8 Å². The van der Waals surface area contributed by atoms with E-state index in [2.05, 4.69) is 19.2 Å². The second-order valence-corrected chi connectivity index (χ2v) is 6.77. The molecule has 0 aromatic heterocycles. The molecule has 1 amide bonds. The topological polar surface area (TPSA) is 84.9 Å². The van der Waals surface area contributed by atoms with Gasteiger partial charge in [0.05, 0.1) is 18.7 Å².